The first-order valence-electron chi connectivity index (χ1n) is 15.0. The Morgan fingerprint density at radius 3 is 2.26 bits per heavy atom. The molecule has 10 heteroatoms. The number of amides is 2. The van der Waals surface area contributed by atoms with Crippen LogP contribution in [0.2, 0.25) is 0 Å². The zero-order valence-corrected chi connectivity index (χ0v) is 26.4. The summed E-state index contributed by atoms with van der Waals surface area (Å²) in [5.41, 5.74) is 1.36. The molecule has 236 valence electrons. The number of benzene rings is 2. The molecule has 1 saturated carbocycles. The van der Waals surface area contributed by atoms with Gasteiger partial charge in [0.15, 0.2) is 5.78 Å². The number of nitrogens with zero attached hydrogens (tertiary/aromatic N) is 1. The van der Waals surface area contributed by atoms with Gasteiger partial charge >= 0.3 is 12.0 Å². The van der Waals surface area contributed by atoms with E-state index in [9.17, 15) is 19.5 Å². The van der Waals surface area contributed by atoms with Crippen molar-refractivity contribution in [2.45, 2.75) is 85.1 Å². The number of carbonyl (C=O) groups is 3. The van der Waals surface area contributed by atoms with Crippen molar-refractivity contribution in [1.82, 2.24) is 10.2 Å². The number of carbonyl (C=O) groups excluding carboxylic acids is 2. The molecule has 2 aromatic carbocycles. The number of Topliss-reactive ketones (excluding diaryl/α,β-unsaturated/α-hetero) is 1. The predicted molar refractivity (Wildman–Crippen MR) is 163 cm³/mol. The van der Waals surface area contributed by atoms with Crippen molar-refractivity contribution in [2.75, 3.05) is 33.0 Å². The molecule has 0 aromatic heterocycles. The smallest absolute Gasteiger partial charge is 0.329 e. The van der Waals surface area contributed by atoms with Crippen LogP contribution in [0.15, 0.2) is 36.4 Å². The number of carboxylic acid groups (broad SMARTS) is 1. The quantitative estimate of drug-likeness (QED) is 0.230. The number of carboxylic acids is 1. The van der Waals surface area contributed by atoms with Crippen molar-refractivity contribution < 1.29 is 38.4 Å². The Morgan fingerprint density at radius 1 is 1.05 bits per heavy atom. The minimum atomic E-state index is -1.42. The Kier molecular flexibility index (Phi) is 12.0. The predicted octanol–water partition coefficient (Wildman–Crippen LogP) is 5.87. The normalized spacial score (nSPS) is 19.1. The van der Waals surface area contributed by atoms with Crippen LogP contribution in [0.1, 0.15) is 93.6 Å². The van der Waals surface area contributed by atoms with Gasteiger partial charge in [0.2, 0.25) is 0 Å². The molecule has 0 heterocycles. The van der Waals surface area contributed by atoms with E-state index in [1.54, 1.807) is 11.0 Å². The standard InChI is InChI=1S/C33H46N2O8/c1-8-40-26-19-33(20-26,31(37)38)34-32(39)35(16-17-43-24(7)25-14-12-11-13-15-25)22(5)27-18-28(41-9-2)29(23(6)36)30(21(27)4)42-10-3/h11-15,18,22,24,26H,8-10,16-17,19-20H2,1-7H3,(H,34,39)(H,37,38)/t22-,24+,26?,33?/m1/s1. The molecule has 0 saturated heterocycles. The van der Waals surface area contributed by atoms with Crippen LogP contribution in [0.3, 0.4) is 0 Å². The molecule has 0 aliphatic heterocycles. The maximum absolute atomic E-state index is 13.9. The first kappa shape index (κ1) is 33.9. The van der Waals surface area contributed by atoms with Gasteiger partial charge in [-0.15, -0.1) is 0 Å². The van der Waals surface area contributed by atoms with E-state index in [0.29, 0.717) is 48.0 Å². The van der Waals surface area contributed by atoms with Gasteiger partial charge in [0, 0.05) is 26.0 Å². The molecule has 0 bridgehead atoms. The fourth-order valence-corrected chi connectivity index (χ4v) is 5.58. The SMILES string of the molecule is CCOc1cc([C@@H](C)N(CCO[C@@H](C)c2ccccc2)C(=O)NC2(C(=O)O)CC(OCC)C2)c(C)c(OCC)c1C(C)=O. The van der Waals surface area contributed by atoms with Crippen LogP contribution in [0.25, 0.3) is 0 Å². The van der Waals surface area contributed by atoms with Gasteiger partial charge in [0.1, 0.15) is 22.6 Å². The molecule has 1 aliphatic carbocycles. The molecule has 43 heavy (non-hydrogen) atoms. The second kappa shape index (κ2) is 15.2. The lowest BCUT2D eigenvalue weighted by Crippen LogP contribution is -2.66. The molecular formula is C33H46N2O8. The van der Waals surface area contributed by atoms with Gasteiger partial charge in [-0.2, -0.15) is 0 Å². The molecule has 2 aromatic rings. The van der Waals surface area contributed by atoms with E-state index in [-0.39, 0.29) is 44.0 Å². The highest BCUT2D eigenvalue weighted by molar-refractivity contribution is 6.00. The molecule has 2 N–H and O–H groups in total. The minimum Gasteiger partial charge on any atom is -0.493 e. The van der Waals surface area contributed by atoms with Crippen LogP contribution >= 0.6 is 0 Å². The van der Waals surface area contributed by atoms with Gasteiger partial charge in [0.25, 0.3) is 0 Å². The average Bonchev–Trinajstić information content (AvgIpc) is 2.95. The monoisotopic (exact) mass is 598 g/mol. The van der Waals surface area contributed by atoms with E-state index in [4.69, 9.17) is 18.9 Å². The minimum absolute atomic E-state index is 0.177. The number of hydrogen-bond donors (Lipinski definition) is 2. The molecule has 3 rings (SSSR count). The highest BCUT2D eigenvalue weighted by atomic mass is 16.5. The van der Waals surface area contributed by atoms with Gasteiger partial charge in [-0.05, 0) is 71.2 Å². The van der Waals surface area contributed by atoms with Crippen molar-refractivity contribution >= 4 is 17.8 Å². The maximum atomic E-state index is 13.9. The summed E-state index contributed by atoms with van der Waals surface area (Å²) in [7, 11) is 0. The van der Waals surface area contributed by atoms with Crippen molar-refractivity contribution in [3.05, 3.63) is 58.7 Å². The van der Waals surface area contributed by atoms with Crippen LogP contribution in [0.5, 0.6) is 11.5 Å². The van der Waals surface area contributed by atoms with Gasteiger partial charge in [-0.25, -0.2) is 9.59 Å². The Labute approximate surface area is 254 Å². The zero-order chi connectivity index (χ0) is 31.7. The topological polar surface area (TPSA) is 124 Å². The summed E-state index contributed by atoms with van der Waals surface area (Å²) in [5.74, 6) is -0.500. The van der Waals surface area contributed by atoms with E-state index in [1.165, 1.54) is 6.92 Å². The largest absolute Gasteiger partial charge is 0.493 e. The summed E-state index contributed by atoms with van der Waals surface area (Å²) in [6.07, 6.45) is -0.0793. The number of ketones is 1. The van der Waals surface area contributed by atoms with Crippen molar-refractivity contribution in [3.63, 3.8) is 0 Å². The van der Waals surface area contributed by atoms with Crippen LogP contribution in [-0.4, -0.2) is 72.4 Å². The fraction of sp³-hybridized carbons (Fsp3) is 0.545. The number of urea groups is 1. The lowest BCUT2D eigenvalue weighted by molar-refractivity contribution is -0.156. The number of ether oxygens (including phenoxy) is 4. The summed E-state index contributed by atoms with van der Waals surface area (Å²) in [6, 6.07) is 10.5. The van der Waals surface area contributed by atoms with Crippen molar-refractivity contribution in [1.29, 1.82) is 0 Å². The third kappa shape index (κ3) is 7.86. The van der Waals surface area contributed by atoms with Crippen LogP contribution < -0.4 is 14.8 Å². The van der Waals surface area contributed by atoms with E-state index in [0.717, 1.165) is 5.56 Å². The second-order valence-corrected chi connectivity index (χ2v) is 10.8. The number of rotatable bonds is 16. The molecule has 0 radical (unpaired) electrons. The van der Waals surface area contributed by atoms with Crippen molar-refractivity contribution in [2.24, 2.45) is 0 Å². The van der Waals surface area contributed by atoms with E-state index < -0.39 is 23.6 Å². The third-order valence-corrected chi connectivity index (χ3v) is 7.93. The average molecular weight is 599 g/mol. The molecule has 2 amide bonds. The van der Waals surface area contributed by atoms with E-state index >= 15 is 0 Å². The Balaban J connectivity index is 1.97. The van der Waals surface area contributed by atoms with Crippen molar-refractivity contribution in [3.8, 4) is 11.5 Å². The Morgan fingerprint density at radius 2 is 1.70 bits per heavy atom. The van der Waals surface area contributed by atoms with Gasteiger partial charge < -0.3 is 34.3 Å². The second-order valence-electron chi connectivity index (χ2n) is 10.8. The number of aliphatic carboxylic acids is 1. The summed E-state index contributed by atoms with van der Waals surface area (Å²) in [6.45, 7) is 14.2. The highest BCUT2D eigenvalue weighted by Crippen LogP contribution is 2.40. The molecule has 1 aliphatic rings. The third-order valence-electron chi connectivity index (χ3n) is 7.93. The van der Waals surface area contributed by atoms with Gasteiger partial charge in [0.05, 0.1) is 38.1 Å². The maximum Gasteiger partial charge on any atom is 0.329 e. The molecular weight excluding hydrogens is 552 g/mol. The first-order chi connectivity index (χ1) is 20.5. The van der Waals surface area contributed by atoms with Crippen LogP contribution in [-0.2, 0) is 14.3 Å². The Hall–Kier alpha value is -3.63. The van der Waals surface area contributed by atoms with Gasteiger partial charge in [-0.3, -0.25) is 4.79 Å². The first-order valence-corrected chi connectivity index (χ1v) is 15.0. The van der Waals surface area contributed by atoms with E-state index in [1.807, 2.05) is 71.9 Å². The summed E-state index contributed by atoms with van der Waals surface area (Å²) in [5, 5.41) is 12.9. The summed E-state index contributed by atoms with van der Waals surface area (Å²) < 4.78 is 23.5. The zero-order valence-electron chi connectivity index (χ0n) is 26.4. The molecule has 0 unspecified atom stereocenters. The van der Waals surface area contributed by atoms with Crippen LogP contribution in [0.4, 0.5) is 4.79 Å². The lowest BCUT2D eigenvalue weighted by Gasteiger charge is -2.45. The van der Waals surface area contributed by atoms with Gasteiger partial charge in [-0.1, -0.05) is 30.3 Å². The summed E-state index contributed by atoms with van der Waals surface area (Å²) >= 11 is 0. The lowest BCUT2D eigenvalue weighted by atomic mass is 9.74. The highest BCUT2D eigenvalue weighted by Gasteiger charge is 2.53. The summed E-state index contributed by atoms with van der Waals surface area (Å²) in [4.78, 5) is 40.5. The molecule has 10 nitrogen and oxygen atoms in total. The molecule has 2 atom stereocenters. The molecule has 1 fully saturated rings. The Bertz CT molecular complexity index is 1260. The van der Waals surface area contributed by atoms with Crippen LogP contribution in [0, 0.1) is 6.92 Å². The molecule has 0 spiro atoms. The number of nitrogens with one attached hydrogen (secondary N) is 1. The van der Waals surface area contributed by atoms with E-state index in [2.05, 4.69) is 5.32 Å². The fourth-order valence-electron chi connectivity index (χ4n) is 5.58. The number of hydrogen-bond acceptors (Lipinski definition) is 7.